The SMILES string of the molecule is COc1ccc(N2CC[NH+](CC(=O)Nc3ccccc3Oc3ccccc3)CC2)cc1. The number of nitrogens with zero attached hydrogens (tertiary/aromatic N) is 1. The van der Waals surface area contributed by atoms with E-state index in [1.807, 2.05) is 66.7 Å². The molecule has 1 aliphatic heterocycles. The van der Waals surface area contributed by atoms with Crippen molar-refractivity contribution in [3.05, 3.63) is 78.9 Å². The molecular weight excluding hydrogens is 390 g/mol. The summed E-state index contributed by atoms with van der Waals surface area (Å²) in [7, 11) is 1.67. The molecule has 1 fully saturated rings. The van der Waals surface area contributed by atoms with Crippen LogP contribution in [0.1, 0.15) is 0 Å². The normalized spacial score (nSPS) is 14.2. The third kappa shape index (κ3) is 5.55. The number of nitrogens with one attached hydrogen (secondary N) is 2. The summed E-state index contributed by atoms with van der Waals surface area (Å²) >= 11 is 0. The van der Waals surface area contributed by atoms with Crippen LogP contribution in [0.25, 0.3) is 0 Å². The molecule has 160 valence electrons. The van der Waals surface area contributed by atoms with E-state index >= 15 is 0 Å². The van der Waals surface area contributed by atoms with Gasteiger partial charge in [0.25, 0.3) is 5.91 Å². The molecule has 0 aromatic heterocycles. The van der Waals surface area contributed by atoms with Gasteiger partial charge in [0.2, 0.25) is 0 Å². The number of carbonyl (C=O) groups is 1. The topological polar surface area (TPSA) is 55.2 Å². The lowest BCUT2D eigenvalue weighted by atomic mass is 10.2. The van der Waals surface area contributed by atoms with Crippen molar-refractivity contribution in [2.24, 2.45) is 0 Å². The first kappa shape index (κ1) is 20.8. The fourth-order valence-corrected chi connectivity index (χ4v) is 3.75. The zero-order valence-corrected chi connectivity index (χ0v) is 17.7. The average molecular weight is 419 g/mol. The molecule has 0 saturated carbocycles. The molecule has 4 rings (SSSR count). The molecule has 0 aliphatic carbocycles. The van der Waals surface area contributed by atoms with Gasteiger partial charge in [0, 0.05) is 5.69 Å². The summed E-state index contributed by atoms with van der Waals surface area (Å²) in [5, 5.41) is 3.02. The predicted molar refractivity (Wildman–Crippen MR) is 122 cm³/mol. The monoisotopic (exact) mass is 418 g/mol. The number of piperazine rings is 1. The molecule has 1 heterocycles. The standard InChI is InChI=1S/C25H27N3O3/c1-30-21-13-11-20(12-14-21)28-17-15-27(16-18-28)19-25(29)26-23-9-5-6-10-24(23)31-22-7-3-2-4-8-22/h2-14H,15-19H2,1H3,(H,26,29)/p+1. The zero-order valence-electron chi connectivity index (χ0n) is 17.7. The number of carbonyl (C=O) groups excluding carboxylic acids is 1. The minimum absolute atomic E-state index is 0.00277. The van der Waals surface area contributed by atoms with E-state index in [1.54, 1.807) is 7.11 Å². The minimum atomic E-state index is -0.00277. The van der Waals surface area contributed by atoms with Crippen molar-refractivity contribution in [2.45, 2.75) is 0 Å². The second kappa shape index (κ2) is 10.00. The van der Waals surface area contributed by atoms with Crippen molar-refractivity contribution < 1.29 is 19.2 Å². The molecule has 6 nitrogen and oxygen atoms in total. The number of ether oxygens (including phenoxy) is 2. The fraction of sp³-hybridized carbons (Fsp3) is 0.240. The Morgan fingerprint density at radius 3 is 2.29 bits per heavy atom. The van der Waals surface area contributed by atoms with Crippen LogP contribution < -0.4 is 24.6 Å². The minimum Gasteiger partial charge on any atom is -0.497 e. The largest absolute Gasteiger partial charge is 0.497 e. The number of quaternary nitrogens is 1. The van der Waals surface area contributed by atoms with E-state index in [0.717, 1.165) is 37.7 Å². The summed E-state index contributed by atoms with van der Waals surface area (Å²) in [6.45, 7) is 4.12. The van der Waals surface area contributed by atoms with Gasteiger partial charge in [0.05, 0.1) is 39.0 Å². The first-order valence-electron chi connectivity index (χ1n) is 10.6. The number of anilines is 2. The van der Waals surface area contributed by atoms with Crippen LogP contribution in [0.15, 0.2) is 78.9 Å². The highest BCUT2D eigenvalue weighted by molar-refractivity contribution is 5.93. The third-order valence-corrected chi connectivity index (χ3v) is 5.45. The average Bonchev–Trinajstić information content (AvgIpc) is 2.82. The maximum absolute atomic E-state index is 12.7. The molecular formula is C25H28N3O3+. The van der Waals surface area contributed by atoms with E-state index < -0.39 is 0 Å². The van der Waals surface area contributed by atoms with Gasteiger partial charge in [-0.05, 0) is 48.5 Å². The lowest BCUT2D eigenvalue weighted by Gasteiger charge is -2.33. The van der Waals surface area contributed by atoms with Crippen molar-refractivity contribution in [3.63, 3.8) is 0 Å². The third-order valence-electron chi connectivity index (χ3n) is 5.45. The van der Waals surface area contributed by atoms with E-state index in [4.69, 9.17) is 9.47 Å². The predicted octanol–water partition coefficient (Wildman–Crippen LogP) is 2.83. The molecule has 0 bridgehead atoms. The molecule has 0 atom stereocenters. The van der Waals surface area contributed by atoms with Crippen LogP contribution in [0.5, 0.6) is 17.2 Å². The number of methoxy groups -OCH3 is 1. The molecule has 0 radical (unpaired) electrons. The second-order valence-electron chi connectivity index (χ2n) is 7.57. The Labute approximate surface area is 183 Å². The molecule has 2 N–H and O–H groups in total. The van der Waals surface area contributed by atoms with Gasteiger partial charge >= 0.3 is 0 Å². The molecule has 0 spiro atoms. The van der Waals surface area contributed by atoms with Gasteiger partial charge in [-0.15, -0.1) is 0 Å². The first-order chi connectivity index (χ1) is 15.2. The van der Waals surface area contributed by atoms with Crippen molar-refractivity contribution in [2.75, 3.05) is 50.1 Å². The summed E-state index contributed by atoms with van der Waals surface area (Å²) in [4.78, 5) is 16.3. The Morgan fingerprint density at radius 1 is 0.903 bits per heavy atom. The lowest BCUT2D eigenvalue weighted by Crippen LogP contribution is -3.15. The van der Waals surface area contributed by atoms with E-state index in [0.29, 0.717) is 18.0 Å². The highest BCUT2D eigenvalue weighted by atomic mass is 16.5. The van der Waals surface area contributed by atoms with Gasteiger partial charge in [-0.2, -0.15) is 0 Å². The summed E-state index contributed by atoms with van der Waals surface area (Å²) in [6, 6.07) is 25.2. The van der Waals surface area contributed by atoms with Crippen LogP contribution in [0.2, 0.25) is 0 Å². The Morgan fingerprint density at radius 2 is 1.58 bits per heavy atom. The van der Waals surface area contributed by atoms with Gasteiger partial charge in [-0.3, -0.25) is 4.79 Å². The van der Waals surface area contributed by atoms with Crippen LogP contribution in [0.4, 0.5) is 11.4 Å². The highest BCUT2D eigenvalue weighted by Gasteiger charge is 2.23. The van der Waals surface area contributed by atoms with Gasteiger partial charge in [0.15, 0.2) is 12.3 Å². The molecule has 1 saturated heterocycles. The quantitative estimate of drug-likeness (QED) is 0.620. The first-order valence-corrected chi connectivity index (χ1v) is 10.6. The maximum Gasteiger partial charge on any atom is 0.279 e. The summed E-state index contributed by atoms with van der Waals surface area (Å²) in [5.41, 5.74) is 1.88. The zero-order chi connectivity index (χ0) is 21.5. The summed E-state index contributed by atoms with van der Waals surface area (Å²) < 4.78 is 11.2. The molecule has 3 aromatic carbocycles. The summed E-state index contributed by atoms with van der Waals surface area (Å²) in [5.74, 6) is 2.24. The van der Waals surface area contributed by atoms with E-state index in [9.17, 15) is 4.79 Å². The highest BCUT2D eigenvalue weighted by Crippen LogP contribution is 2.28. The van der Waals surface area contributed by atoms with Crippen LogP contribution in [0.3, 0.4) is 0 Å². The fourth-order valence-electron chi connectivity index (χ4n) is 3.75. The van der Waals surface area contributed by atoms with E-state index in [2.05, 4.69) is 22.3 Å². The molecule has 6 heteroatoms. The Kier molecular flexibility index (Phi) is 6.69. The van der Waals surface area contributed by atoms with Gasteiger partial charge in [-0.1, -0.05) is 30.3 Å². The lowest BCUT2D eigenvalue weighted by molar-refractivity contribution is -0.892. The summed E-state index contributed by atoms with van der Waals surface area (Å²) in [6.07, 6.45) is 0. The van der Waals surface area contributed by atoms with Crippen molar-refractivity contribution in [3.8, 4) is 17.2 Å². The van der Waals surface area contributed by atoms with Crippen molar-refractivity contribution in [1.82, 2.24) is 0 Å². The maximum atomic E-state index is 12.7. The van der Waals surface area contributed by atoms with Crippen LogP contribution >= 0.6 is 0 Å². The number of benzene rings is 3. The molecule has 3 aromatic rings. The number of hydrogen-bond donors (Lipinski definition) is 2. The number of rotatable bonds is 7. The molecule has 0 unspecified atom stereocenters. The number of amides is 1. The van der Waals surface area contributed by atoms with Gasteiger partial charge in [-0.25, -0.2) is 0 Å². The smallest absolute Gasteiger partial charge is 0.279 e. The van der Waals surface area contributed by atoms with Crippen LogP contribution in [-0.4, -0.2) is 45.7 Å². The van der Waals surface area contributed by atoms with E-state index in [-0.39, 0.29) is 5.91 Å². The number of hydrogen-bond acceptors (Lipinski definition) is 4. The van der Waals surface area contributed by atoms with Crippen LogP contribution in [0, 0.1) is 0 Å². The number of para-hydroxylation sites is 3. The van der Waals surface area contributed by atoms with E-state index in [1.165, 1.54) is 10.6 Å². The Bertz CT molecular complexity index is 984. The van der Waals surface area contributed by atoms with Gasteiger partial charge in [0.1, 0.15) is 11.5 Å². The van der Waals surface area contributed by atoms with Gasteiger partial charge < -0.3 is 24.6 Å². The van der Waals surface area contributed by atoms with Crippen molar-refractivity contribution >= 4 is 17.3 Å². The second-order valence-corrected chi connectivity index (χ2v) is 7.57. The molecule has 1 amide bonds. The van der Waals surface area contributed by atoms with Crippen LogP contribution in [-0.2, 0) is 4.79 Å². The Balaban J connectivity index is 1.30. The van der Waals surface area contributed by atoms with Crippen molar-refractivity contribution in [1.29, 1.82) is 0 Å². The molecule has 1 aliphatic rings. The molecule has 31 heavy (non-hydrogen) atoms. The Hall–Kier alpha value is -3.51.